The maximum Gasteiger partial charge on any atom is 2.00 e. The molecule has 0 spiro atoms. The summed E-state index contributed by atoms with van der Waals surface area (Å²) in [6, 6.07) is 3.97. The van der Waals surface area contributed by atoms with E-state index in [4.69, 9.17) is 9.47 Å². The summed E-state index contributed by atoms with van der Waals surface area (Å²) in [7, 11) is 2.15. The Morgan fingerprint density at radius 3 is 1.13 bits per heavy atom. The SMILES string of the molecule is COc1cc(-n2[c-]c(C(F)(F)F)nc2C(F)(F)F)nc(C(C)(C)c2cc(OC)cc(-n3[c-]c(C(F)(F)F)nc3C(F)(F)F)n2)c1.[Pt+2]. The molecule has 46 heavy (non-hydrogen) atoms. The molecule has 4 aromatic heterocycles. The Balaban J connectivity index is 0.00000576. The summed E-state index contributed by atoms with van der Waals surface area (Å²) in [6.45, 7) is 2.63. The Hall–Kier alpha value is -3.83. The number of pyridine rings is 2. The number of hydrogen-bond donors (Lipinski definition) is 0. The first-order valence-electron chi connectivity index (χ1n) is 11.9. The van der Waals surface area contributed by atoms with Gasteiger partial charge in [0.2, 0.25) is 0 Å². The van der Waals surface area contributed by atoms with Crippen molar-refractivity contribution in [2.45, 2.75) is 44.0 Å². The van der Waals surface area contributed by atoms with Crippen molar-refractivity contribution in [1.82, 2.24) is 29.1 Å². The van der Waals surface area contributed by atoms with Crippen LogP contribution in [0.15, 0.2) is 24.3 Å². The third kappa shape index (κ3) is 7.25. The minimum atomic E-state index is -5.41. The molecular formula is C25H16F12N6O2Pt. The fourth-order valence-electron chi connectivity index (χ4n) is 3.86. The van der Waals surface area contributed by atoms with Crippen LogP contribution in [0.2, 0.25) is 0 Å². The van der Waals surface area contributed by atoms with Crippen LogP contribution in [0, 0.1) is 12.4 Å². The van der Waals surface area contributed by atoms with Crippen LogP contribution in [0.5, 0.6) is 11.5 Å². The van der Waals surface area contributed by atoms with E-state index in [-0.39, 0.29) is 53.1 Å². The van der Waals surface area contributed by atoms with Crippen molar-refractivity contribution in [3.63, 3.8) is 0 Å². The van der Waals surface area contributed by atoms with Gasteiger partial charge in [0.25, 0.3) is 0 Å². The van der Waals surface area contributed by atoms with E-state index < -0.39 is 64.8 Å². The minimum Gasteiger partial charge on any atom is -0.498 e. The molecule has 0 unspecified atom stereocenters. The van der Waals surface area contributed by atoms with Crippen LogP contribution < -0.4 is 9.47 Å². The molecule has 8 nitrogen and oxygen atoms in total. The van der Waals surface area contributed by atoms with E-state index in [2.05, 4.69) is 19.9 Å². The molecule has 0 atom stereocenters. The number of aromatic nitrogens is 6. The maximum absolute atomic E-state index is 13.7. The van der Waals surface area contributed by atoms with E-state index in [0.29, 0.717) is 0 Å². The molecule has 4 heterocycles. The van der Waals surface area contributed by atoms with Crippen molar-refractivity contribution in [3.05, 3.63) is 71.1 Å². The van der Waals surface area contributed by atoms with Crippen molar-refractivity contribution in [2.75, 3.05) is 14.2 Å². The number of halogens is 12. The molecule has 4 aromatic rings. The van der Waals surface area contributed by atoms with Gasteiger partial charge in [-0.05, 0) is 26.0 Å². The van der Waals surface area contributed by atoms with Gasteiger partial charge < -0.3 is 18.6 Å². The summed E-state index contributed by atoms with van der Waals surface area (Å²) in [4.78, 5) is 13.3. The number of ether oxygens (including phenoxy) is 2. The summed E-state index contributed by atoms with van der Waals surface area (Å²) in [5.74, 6) is -6.12. The number of methoxy groups -OCH3 is 2. The largest absolute Gasteiger partial charge is 2.00 e. The van der Waals surface area contributed by atoms with Gasteiger partial charge >= 0.3 is 45.8 Å². The molecule has 0 aliphatic carbocycles. The van der Waals surface area contributed by atoms with E-state index in [1.165, 1.54) is 26.2 Å². The zero-order valence-electron chi connectivity index (χ0n) is 23.2. The normalized spacial score (nSPS) is 13.0. The van der Waals surface area contributed by atoms with E-state index in [1.807, 2.05) is 0 Å². The molecule has 0 bridgehead atoms. The minimum absolute atomic E-state index is 0. The predicted molar refractivity (Wildman–Crippen MR) is 126 cm³/mol. The molecule has 252 valence electrons. The Morgan fingerprint density at radius 1 is 0.543 bits per heavy atom. The molecule has 0 aliphatic rings. The van der Waals surface area contributed by atoms with Crippen LogP contribution in [0.1, 0.15) is 48.3 Å². The van der Waals surface area contributed by atoms with E-state index in [0.717, 1.165) is 38.5 Å². The van der Waals surface area contributed by atoms with Crippen LogP contribution >= 0.6 is 0 Å². The van der Waals surface area contributed by atoms with Crippen molar-refractivity contribution in [2.24, 2.45) is 0 Å². The average Bonchev–Trinajstić information content (AvgIpc) is 3.58. The van der Waals surface area contributed by atoms with Gasteiger partial charge in [0.15, 0.2) is 0 Å². The maximum atomic E-state index is 13.7. The van der Waals surface area contributed by atoms with Crippen molar-refractivity contribution < 1.29 is 83.2 Å². The monoisotopic (exact) mass is 855 g/mol. The molecular weight excluding hydrogens is 839 g/mol. The van der Waals surface area contributed by atoms with Gasteiger partial charge in [-0.25, -0.2) is 0 Å². The van der Waals surface area contributed by atoms with Crippen molar-refractivity contribution in [3.8, 4) is 23.1 Å². The van der Waals surface area contributed by atoms with E-state index in [1.54, 1.807) is 0 Å². The summed E-state index contributed by atoms with van der Waals surface area (Å²) in [6.07, 6.45) is -18.5. The smallest absolute Gasteiger partial charge is 0.498 e. The second-order valence-corrected chi connectivity index (χ2v) is 9.58. The third-order valence-electron chi connectivity index (χ3n) is 6.12. The molecule has 0 aliphatic heterocycles. The Labute approximate surface area is 264 Å². The first-order chi connectivity index (χ1) is 20.5. The van der Waals surface area contributed by atoms with Gasteiger partial charge in [0.1, 0.15) is 23.1 Å². The standard InChI is InChI=1S/C25H16F12N6O2.Pt/c1-21(2,13-5-11(44-3)7-17(38-13)42-9-15(22(26,27)28)40-19(42)24(32,33)34)14-6-12(45-4)8-18(39-14)43-10-16(23(29,30)31)41-20(43)25(35,36)37;/h5-8H,1-4H3;/q-2;+2. The first-order valence-corrected chi connectivity index (χ1v) is 11.9. The number of nitrogens with zero attached hydrogens (tertiary/aromatic N) is 6. The summed E-state index contributed by atoms with van der Waals surface area (Å²) < 4.78 is 172. The fourth-order valence-corrected chi connectivity index (χ4v) is 3.86. The van der Waals surface area contributed by atoms with Crippen molar-refractivity contribution >= 4 is 0 Å². The zero-order valence-corrected chi connectivity index (χ0v) is 25.4. The average molecular weight is 855 g/mol. The van der Waals surface area contributed by atoms with Gasteiger partial charge in [-0.1, -0.05) is 12.4 Å². The summed E-state index contributed by atoms with van der Waals surface area (Å²) in [5.41, 5.74) is -6.17. The molecule has 0 fully saturated rings. The van der Waals surface area contributed by atoms with Crippen LogP contribution in [0.25, 0.3) is 11.6 Å². The molecule has 0 aromatic carbocycles. The third-order valence-corrected chi connectivity index (χ3v) is 6.12. The fraction of sp³-hybridized carbons (Fsp3) is 0.360. The number of rotatable bonds is 6. The number of hydrogen-bond acceptors (Lipinski definition) is 6. The Morgan fingerprint density at radius 2 is 0.870 bits per heavy atom. The molecule has 4 rings (SSSR count). The quantitative estimate of drug-likeness (QED) is 0.156. The summed E-state index contributed by atoms with van der Waals surface area (Å²) in [5, 5.41) is 0. The van der Waals surface area contributed by atoms with Crippen molar-refractivity contribution in [1.29, 1.82) is 0 Å². The molecule has 0 saturated heterocycles. The number of imidazole rings is 2. The topological polar surface area (TPSA) is 79.9 Å². The van der Waals surface area contributed by atoms with Crippen LogP contribution in [-0.2, 0) is 51.2 Å². The Bertz CT molecular complexity index is 1600. The molecule has 0 saturated carbocycles. The van der Waals surface area contributed by atoms with Gasteiger partial charge in [0.05, 0.1) is 25.6 Å². The van der Waals surface area contributed by atoms with Crippen LogP contribution in [-0.4, -0.2) is 43.3 Å². The first kappa shape index (κ1) is 36.6. The molecule has 0 amide bonds. The second-order valence-electron chi connectivity index (χ2n) is 9.58. The molecule has 21 heteroatoms. The zero-order chi connectivity index (χ0) is 33.9. The summed E-state index contributed by atoms with van der Waals surface area (Å²) >= 11 is 0. The molecule has 0 radical (unpaired) electrons. The van der Waals surface area contributed by atoms with Gasteiger partial charge in [0, 0.05) is 40.6 Å². The second kappa shape index (κ2) is 12.1. The van der Waals surface area contributed by atoms with Gasteiger partial charge in [-0.3, -0.25) is 19.9 Å². The van der Waals surface area contributed by atoms with E-state index in [9.17, 15) is 52.7 Å². The Kier molecular flexibility index (Phi) is 9.62. The predicted octanol–water partition coefficient (Wildman–Crippen LogP) is 6.86. The van der Waals surface area contributed by atoms with Gasteiger partial charge in [-0.15, -0.1) is 0 Å². The molecule has 0 N–H and O–H groups in total. The van der Waals surface area contributed by atoms with Gasteiger partial charge in [-0.2, -0.15) is 52.7 Å². The number of alkyl halides is 12. The van der Waals surface area contributed by atoms with Crippen LogP contribution in [0.4, 0.5) is 52.7 Å². The van der Waals surface area contributed by atoms with E-state index >= 15 is 0 Å². The van der Waals surface area contributed by atoms with Crippen LogP contribution in [0.3, 0.4) is 0 Å².